The molecule has 0 unspecified atom stereocenters. The first-order chi connectivity index (χ1) is 9.37. The van der Waals surface area contributed by atoms with Crippen LogP contribution >= 0.6 is 0 Å². The number of rotatable bonds is 1. The number of carbonyl (C=O) groups is 2. The molecule has 2 heterocycles. The van der Waals surface area contributed by atoms with Crippen LogP contribution in [0.5, 0.6) is 0 Å². The van der Waals surface area contributed by atoms with Gasteiger partial charge < -0.3 is 9.88 Å². The molecule has 2 aliphatic rings. The van der Waals surface area contributed by atoms with Crippen molar-refractivity contribution in [2.75, 3.05) is 13.1 Å². The third kappa shape index (κ3) is 2.07. The summed E-state index contributed by atoms with van der Waals surface area (Å²) in [6.07, 6.45) is 2.08. The van der Waals surface area contributed by atoms with Crippen LogP contribution in [0.15, 0.2) is 10.9 Å². The Balaban J connectivity index is 2.04. The van der Waals surface area contributed by atoms with Gasteiger partial charge in [-0.25, -0.2) is 0 Å². The Kier molecular flexibility index (Phi) is 2.81. The van der Waals surface area contributed by atoms with E-state index in [0.29, 0.717) is 37.2 Å². The highest BCUT2D eigenvalue weighted by Crippen LogP contribution is 2.33. The van der Waals surface area contributed by atoms with Crippen molar-refractivity contribution in [2.45, 2.75) is 33.1 Å². The number of nitrogens with one attached hydrogen (secondary N) is 1. The monoisotopic (exact) mass is 274 g/mol. The van der Waals surface area contributed by atoms with Gasteiger partial charge in [0, 0.05) is 30.8 Å². The average Bonchev–Trinajstić information content (AvgIpc) is 2.23. The number of fused-ring (bicyclic) bond motifs is 1. The SMILES string of the molecule is CC1(C)CC(=O)c2cc(C(=O)N3CCC3)c(=O)[nH]c2C1. The van der Waals surface area contributed by atoms with Gasteiger partial charge in [0.1, 0.15) is 5.56 Å². The maximum absolute atomic E-state index is 12.2. The van der Waals surface area contributed by atoms with Gasteiger partial charge in [-0.1, -0.05) is 13.8 Å². The largest absolute Gasteiger partial charge is 0.338 e. The van der Waals surface area contributed by atoms with Gasteiger partial charge >= 0.3 is 0 Å². The predicted octanol–water partition coefficient (Wildman–Crippen LogP) is 1.38. The first-order valence-electron chi connectivity index (χ1n) is 6.96. The number of aromatic nitrogens is 1. The van der Waals surface area contributed by atoms with Crippen LogP contribution in [-0.2, 0) is 6.42 Å². The van der Waals surface area contributed by atoms with Gasteiger partial charge in [-0.05, 0) is 24.3 Å². The van der Waals surface area contributed by atoms with Crippen LogP contribution in [0.3, 0.4) is 0 Å². The number of H-pyrrole nitrogens is 1. The zero-order chi connectivity index (χ0) is 14.5. The predicted molar refractivity (Wildman–Crippen MR) is 74.0 cm³/mol. The summed E-state index contributed by atoms with van der Waals surface area (Å²) in [5.74, 6) is -0.261. The molecule has 1 aliphatic heterocycles. The van der Waals surface area contributed by atoms with E-state index in [9.17, 15) is 14.4 Å². The summed E-state index contributed by atoms with van der Waals surface area (Å²) >= 11 is 0. The van der Waals surface area contributed by atoms with Crippen molar-refractivity contribution in [1.29, 1.82) is 0 Å². The van der Waals surface area contributed by atoms with Crippen LogP contribution < -0.4 is 5.56 Å². The topological polar surface area (TPSA) is 70.2 Å². The molecule has 20 heavy (non-hydrogen) atoms. The van der Waals surface area contributed by atoms with Crippen LogP contribution in [0.25, 0.3) is 0 Å². The Hall–Kier alpha value is -1.91. The summed E-state index contributed by atoms with van der Waals surface area (Å²) < 4.78 is 0. The lowest BCUT2D eigenvalue weighted by Crippen LogP contribution is -2.44. The summed E-state index contributed by atoms with van der Waals surface area (Å²) in [6.45, 7) is 5.39. The minimum Gasteiger partial charge on any atom is -0.338 e. The molecular formula is C15H18N2O3. The fourth-order valence-corrected chi connectivity index (χ4v) is 2.88. The number of amides is 1. The Labute approximate surface area is 117 Å². The smallest absolute Gasteiger partial charge is 0.261 e. The summed E-state index contributed by atoms with van der Waals surface area (Å²) in [5, 5.41) is 0. The van der Waals surface area contributed by atoms with E-state index in [4.69, 9.17) is 0 Å². The van der Waals surface area contributed by atoms with Crippen molar-refractivity contribution in [3.63, 3.8) is 0 Å². The lowest BCUT2D eigenvalue weighted by molar-refractivity contribution is 0.0650. The number of pyridine rings is 1. The Morgan fingerprint density at radius 3 is 2.55 bits per heavy atom. The zero-order valence-corrected chi connectivity index (χ0v) is 11.8. The summed E-state index contributed by atoms with van der Waals surface area (Å²) in [7, 11) is 0. The molecule has 0 saturated carbocycles. The minimum absolute atomic E-state index is 0.00478. The molecule has 0 aromatic carbocycles. The number of hydrogen-bond donors (Lipinski definition) is 1. The molecule has 1 N–H and O–H groups in total. The van der Waals surface area contributed by atoms with Crippen LogP contribution in [0, 0.1) is 5.41 Å². The van der Waals surface area contributed by atoms with Crippen molar-refractivity contribution in [3.05, 3.63) is 33.2 Å². The molecule has 5 nitrogen and oxygen atoms in total. The van der Waals surface area contributed by atoms with E-state index in [-0.39, 0.29) is 28.2 Å². The minimum atomic E-state index is -0.383. The van der Waals surface area contributed by atoms with Gasteiger partial charge in [-0.15, -0.1) is 0 Å². The molecular weight excluding hydrogens is 256 g/mol. The van der Waals surface area contributed by atoms with E-state index in [1.807, 2.05) is 13.8 Å². The first-order valence-corrected chi connectivity index (χ1v) is 6.96. The second-order valence-electron chi connectivity index (χ2n) is 6.49. The maximum Gasteiger partial charge on any atom is 0.261 e. The molecule has 0 radical (unpaired) electrons. The standard InChI is InChI=1S/C15H18N2O3/c1-15(2)7-11-9(12(18)8-15)6-10(13(19)16-11)14(20)17-4-3-5-17/h6H,3-5,7-8H2,1-2H3,(H,16,19). The molecule has 1 amide bonds. The van der Waals surface area contributed by atoms with Gasteiger partial charge in [0.25, 0.3) is 11.5 Å². The van der Waals surface area contributed by atoms with Gasteiger partial charge in [0.2, 0.25) is 0 Å². The van der Waals surface area contributed by atoms with E-state index in [1.54, 1.807) is 4.90 Å². The Morgan fingerprint density at radius 2 is 1.95 bits per heavy atom. The lowest BCUT2D eigenvalue weighted by atomic mass is 9.75. The molecule has 1 aromatic heterocycles. The molecule has 1 fully saturated rings. The molecule has 1 saturated heterocycles. The number of likely N-dealkylation sites (tertiary alicyclic amines) is 1. The second kappa shape index (κ2) is 4.30. The van der Waals surface area contributed by atoms with Gasteiger partial charge in [0.05, 0.1) is 0 Å². The molecule has 5 heteroatoms. The number of aromatic amines is 1. The third-order valence-corrected chi connectivity index (χ3v) is 4.09. The third-order valence-electron chi connectivity index (χ3n) is 4.09. The van der Waals surface area contributed by atoms with Crippen molar-refractivity contribution >= 4 is 11.7 Å². The lowest BCUT2D eigenvalue weighted by Gasteiger charge is -2.32. The molecule has 1 aromatic rings. The second-order valence-corrected chi connectivity index (χ2v) is 6.49. The van der Waals surface area contributed by atoms with E-state index in [0.717, 1.165) is 6.42 Å². The Morgan fingerprint density at radius 1 is 1.25 bits per heavy atom. The molecule has 106 valence electrons. The van der Waals surface area contributed by atoms with Crippen molar-refractivity contribution in [2.24, 2.45) is 5.41 Å². The number of carbonyl (C=O) groups excluding carboxylic acids is 2. The van der Waals surface area contributed by atoms with Crippen molar-refractivity contribution in [3.8, 4) is 0 Å². The highest BCUT2D eigenvalue weighted by molar-refractivity contribution is 6.02. The zero-order valence-electron chi connectivity index (χ0n) is 11.8. The fraction of sp³-hybridized carbons (Fsp3) is 0.533. The van der Waals surface area contributed by atoms with Crippen LogP contribution in [-0.4, -0.2) is 34.7 Å². The summed E-state index contributed by atoms with van der Waals surface area (Å²) in [4.78, 5) is 40.8. The summed E-state index contributed by atoms with van der Waals surface area (Å²) in [5.41, 5.74) is 0.739. The molecule has 0 atom stereocenters. The highest BCUT2D eigenvalue weighted by Gasteiger charge is 2.33. The molecule has 1 aliphatic carbocycles. The number of hydrogen-bond acceptors (Lipinski definition) is 3. The molecule has 0 spiro atoms. The molecule has 0 bridgehead atoms. The molecule has 3 rings (SSSR count). The number of nitrogens with zero attached hydrogens (tertiary/aromatic N) is 1. The van der Waals surface area contributed by atoms with Crippen molar-refractivity contribution < 1.29 is 9.59 Å². The number of Topliss-reactive ketones (excluding diaryl/α,β-unsaturated/α-hetero) is 1. The highest BCUT2D eigenvalue weighted by atomic mass is 16.2. The van der Waals surface area contributed by atoms with Gasteiger partial charge in [-0.3, -0.25) is 14.4 Å². The van der Waals surface area contributed by atoms with Gasteiger partial charge in [-0.2, -0.15) is 0 Å². The Bertz CT molecular complexity index is 654. The normalized spacial score (nSPS) is 20.3. The average molecular weight is 274 g/mol. The maximum atomic E-state index is 12.2. The van der Waals surface area contributed by atoms with Crippen LogP contribution in [0.1, 0.15) is 53.1 Å². The summed E-state index contributed by atoms with van der Waals surface area (Å²) in [6, 6.07) is 1.49. The van der Waals surface area contributed by atoms with Gasteiger partial charge in [0.15, 0.2) is 5.78 Å². The number of ketones is 1. The van der Waals surface area contributed by atoms with E-state index < -0.39 is 0 Å². The fourth-order valence-electron chi connectivity index (χ4n) is 2.88. The first kappa shape index (κ1) is 13.1. The van der Waals surface area contributed by atoms with E-state index >= 15 is 0 Å². The van der Waals surface area contributed by atoms with E-state index in [2.05, 4.69) is 4.98 Å². The van der Waals surface area contributed by atoms with Crippen molar-refractivity contribution in [1.82, 2.24) is 9.88 Å². The van der Waals surface area contributed by atoms with E-state index in [1.165, 1.54) is 6.07 Å². The van der Waals surface area contributed by atoms with Crippen LogP contribution in [0.2, 0.25) is 0 Å². The van der Waals surface area contributed by atoms with Crippen LogP contribution in [0.4, 0.5) is 0 Å². The quantitative estimate of drug-likeness (QED) is 0.841.